The molecule has 0 saturated carbocycles. The van der Waals surface area contributed by atoms with Crippen molar-refractivity contribution in [1.82, 2.24) is 9.88 Å². The Balaban J connectivity index is 1.81. The number of furan rings is 1. The maximum absolute atomic E-state index is 12.7. The first-order chi connectivity index (χ1) is 12.3. The molecular weight excluding hydrogens is 365 g/mol. The zero-order valence-electron chi connectivity index (χ0n) is 14.0. The van der Waals surface area contributed by atoms with Crippen molar-refractivity contribution in [3.63, 3.8) is 0 Å². The van der Waals surface area contributed by atoms with E-state index in [1.54, 1.807) is 26.1 Å². The van der Waals surface area contributed by atoms with E-state index < -0.39 is 11.7 Å². The van der Waals surface area contributed by atoms with Crippen LogP contribution in [0.15, 0.2) is 47.1 Å². The van der Waals surface area contributed by atoms with Gasteiger partial charge in [-0.1, -0.05) is 12.1 Å². The van der Waals surface area contributed by atoms with Gasteiger partial charge in [-0.25, -0.2) is 4.98 Å². The molecule has 0 bridgehead atoms. The van der Waals surface area contributed by atoms with Crippen molar-refractivity contribution in [1.29, 1.82) is 0 Å². The van der Waals surface area contributed by atoms with Crippen LogP contribution in [0.1, 0.15) is 26.7 Å². The molecule has 3 aromatic rings. The largest absolute Gasteiger partial charge is 0.467 e. The van der Waals surface area contributed by atoms with E-state index >= 15 is 0 Å². The Labute approximate surface area is 151 Å². The van der Waals surface area contributed by atoms with Gasteiger partial charge in [0.2, 0.25) is 0 Å². The lowest BCUT2D eigenvalue weighted by molar-refractivity contribution is -0.137. The highest BCUT2D eigenvalue weighted by Crippen LogP contribution is 2.33. The molecule has 0 saturated heterocycles. The van der Waals surface area contributed by atoms with Crippen LogP contribution in [-0.4, -0.2) is 22.8 Å². The molecule has 1 aromatic carbocycles. The van der Waals surface area contributed by atoms with Gasteiger partial charge in [-0.15, -0.1) is 11.3 Å². The van der Waals surface area contributed by atoms with E-state index in [-0.39, 0.29) is 5.91 Å². The quantitative estimate of drug-likeness (QED) is 0.640. The molecule has 0 N–H and O–H groups in total. The standard InChI is InChI=1S/C18H15F3N2O2S/c1-11-15(17(24)23(2)10-14-4-3-9-25-14)26-16(22-11)12-5-7-13(8-6-12)18(19,20)21/h3-9H,10H2,1-2H3. The summed E-state index contributed by atoms with van der Waals surface area (Å²) in [5, 5.41) is 0.506. The van der Waals surface area contributed by atoms with E-state index in [0.717, 1.165) is 23.5 Å². The normalized spacial score (nSPS) is 11.6. The zero-order chi connectivity index (χ0) is 18.9. The second kappa shape index (κ2) is 6.95. The van der Waals surface area contributed by atoms with E-state index in [0.29, 0.717) is 33.4 Å². The van der Waals surface area contributed by atoms with Crippen LogP contribution in [0.3, 0.4) is 0 Å². The summed E-state index contributed by atoms with van der Waals surface area (Å²) < 4.78 is 43.2. The number of nitrogens with zero attached hydrogens (tertiary/aromatic N) is 2. The Hall–Kier alpha value is -2.61. The van der Waals surface area contributed by atoms with Gasteiger partial charge in [0.1, 0.15) is 15.6 Å². The summed E-state index contributed by atoms with van der Waals surface area (Å²) in [5.41, 5.74) is 0.365. The maximum Gasteiger partial charge on any atom is 0.416 e. The van der Waals surface area contributed by atoms with Crippen molar-refractivity contribution in [2.45, 2.75) is 19.6 Å². The van der Waals surface area contributed by atoms with Gasteiger partial charge in [-0.3, -0.25) is 4.79 Å². The highest BCUT2D eigenvalue weighted by molar-refractivity contribution is 7.17. The van der Waals surface area contributed by atoms with Gasteiger partial charge in [0, 0.05) is 12.6 Å². The Morgan fingerprint density at radius 2 is 1.92 bits per heavy atom. The molecule has 4 nitrogen and oxygen atoms in total. The second-order valence-electron chi connectivity index (χ2n) is 5.75. The van der Waals surface area contributed by atoms with Crippen molar-refractivity contribution >= 4 is 17.2 Å². The average Bonchev–Trinajstić information content (AvgIpc) is 3.23. The number of hydrogen-bond donors (Lipinski definition) is 0. The van der Waals surface area contributed by atoms with Crippen molar-refractivity contribution in [3.05, 3.63) is 64.6 Å². The molecule has 0 radical (unpaired) electrons. The summed E-state index contributed by atoms with van der Waals surface area (Å²) in [6.45, 7) is 2.02. The Morgan fingerprint density at radius 3 is 2.50 bits per heavy atom. The van der Waals surface area contributed by atoms with E-state index in [2.05, 4.69) is 4.98 Å². The summed E-state index contributed by atoms with van der Waals surface area (Å²) in [7, 11) is 1.65. The van der Waals surface area contributed by atoms with Gasteiger partial charge in [-0.2, -0.15) is 13.2 Å². The third-order valence-electron chi connectivity index (χ3n) is 3.77. The predicted octanol–water partition coefficient (Wildman–Crippen LogP) is 5.00. The van der Waals surface area contributed by atoms with E-state index in [9.17, 15) is 18.0 Å². The van der Waals surface area contributed by atoms with Crippen molar-refractivity contribution < 1.29 is 22.4 Å². The molecule has 8 heteroatoms. The first-order valence-electron chi connectivity index (χ1n) is 7.68. The van der Waals surface area contributed by atoms with Gasteiger partial charge in [0.05, 0.1) is 24.1 Å². The van der Waals surface area contributed by atoms with Crippen LogP contribution in [0.25, 0.3) is 10.6 Å². The lowest BCUT2D eigenvalue weighted by atomic mass is 10.1. The van der Waals surface area contributed by atoms with Crippen molar-refractivity contribution in [2.75, 3.05) is 7.05 Å². The van der Waals surface area contributed by atoms with E-state index in [1.807, 2.05) is 0 Å². The number of benzene rings is 1. The van der Waals surface area contributed by atoms with Gasteiger partial charge < -0.3 is 9.32 Å². The van der Waals surface area contributed by atoms with Crippen LogP contribution >= 0.6 is 11.3 Å². The Kier molecular flexibility index (Phi) is 4.86. The van der Waals surface area contributed by atoms with Gasteiger partial charge in [-0.05, 0) is 31.2 Å². The first-order valence-corrected chi connectivity index (χ1v) is 8.50. The number of thiazole rings is 1. The molecule has 2 heterocycles. The fraction of sp³-hybridized carbons (Fsp3) is 0.222. The van der Waals surface area contributed by atoms with E-state index in [4.69, 9.17) is 4.42 Å². The first kappa shape index (κ1) is 18.2. The molecule has 26 heavy (non-hydrogen) atoms. The number of aryl methyl sites for hydroxylation is 1. The van der Waals surface area contributed by atoms with Crippen molar-refractivity contribution in [3.8, 4) is 10.6 Å². The molecule has 1 amide bonds. The highest BCUT2D eigenvalue weighted by Gasteiger charge is 2.30. The minimum absolute atomic E-state index is 0.213. The fourth-order valence-corrected chi connectivity index (χ4v) is 3.47. The Morgan fingerprint density at radius 1 is 1.23 bits per heavy atom. The van der Waals surface area contributed by atoms with Crippen LogP contribution in [-0.2, 0) is 12.7 Å². The SMILES string of the molecule is Cc1nc(-c2ccc(C(F)(F)F)cc2)sc1C(=O)N(C)Cc1ccco1. The molecule has 0 spiro atoms. The molecule has 3 rings (SSSR count). The summed E-state index contributed by atoms with van der Waals surface area (Å²) in [5.74, 6) is 0.445. The molecule has 0 aliphatic carbocycles. The molecule has 0 fully saturated rings. The third kappa shape index (κ3) is 3.80. The van der Waals surface area contributed by atoms with Gasteiger partial charge in [0.25, 0.3) is 5.91 Å². The smallest absolute Gasteiger partial charge is 0.416 e. The molecule has 0 atom stereocenters. The minimum Gasteiger partial charge on any atom is -0.467 e. The fourth-order valence-electron chi connectivity index (χ4n) is 2.40. The lowest BCUT2D eigenvalue weighted by Gasteiger charge is -2.14. The average molecular weight is 380 g/mol. The molecule has 0 aliphatic rings. The maximum atomic E-state index is 12.7. The lowest BCUT2D eigenvalue weighted by Crippen LogP contribution is -2.25. The molecule has 0 aliphatic heterocycles. The number of carbonyl (C=O) groups excluding carboxylic acids is 1. The topological polar surface area (TPSA) is 46.3 Å². The van der Waals surface area contributed by atoms with Crippen LogP contribution < -0.4 is 0 Å². The number of rotatable bonds is 4. The minimum atomic E-state index is -4.38. The predicted molar refractivity (Wildman–Crippen MR) is 91.8 cm³/mol. The molecule has 2 aromatic heterocycles. The third-order valence-corrected chi connectivity index (χ3v) is 4.96. The summed E-state index contributed by atoms with van der Waals surface area (Å²) in [6.07, 6.45) is -2.85. The number of alkyl halides is 3. The van der Waals surface area contributed by atoms with Crippen LogP contribution in [0.2, 0.25) is 0 Å². The van der Waals surface area contributed by atoms with Gasteiger partial charge in [0.15, 0.2) is 0 Å². The van der Waals surface area contributed by atoms with Crippen LogP contribution in [0.5, 0.6) is 0 Å². The molecular formula is C18H15F3N2O2S. The zero-order valence-corrected chi connectivity index (χ0v) is 14.8. The summed E-state index contributed by atoms with van der Waals surface area (Å²) >= 11 is 1.16. The molecule has 0 unspecified atom stereocenters. The highest BCUT2D eigenvalue weighted by atomic mass is 32.1. The monoisotopic (exact) mass is 380 g/mol. The second-order valence-corrected chi connectivity index (χ2v) is 6.75. The number of halogens is 3. The van der Waals surface area contributed by atoms with Crippen LogP contribution in [0.4, 0.5) is 13.2 Å². The summed E-state index contributed by atoms with van der Waals surface area (Å²) in [4.78, 5) is 18.9. The van der Waals surface area contributed by atoms with Crippen LogP contribution in [0, 0.1) is 6.92 Å². The molecule has 136 valence electrons. The summed E-state index contributed by atoms with van der Waals surface area (Å²) in [6, 6.07) is 8.27. The van der Waals surface area contributed by atoms with E-state index in [1.165, 1.54) is 23.3 Å². The Bertz CT molecular complexity index is 900. The number of hydrogen-bond acceptors (Lipinski definition) is 4. The van der Waals surface area contributed by atoms with Gasteiger partial charge >= 0.3 is 6.18 Å². The number of aromatic nitrogens is 1. The number of amides is 1. The van der Waals surface area contributed by atoms with Crippen molar-refractivity contribution in [2.24, 2.45) is 0 Å². The number of carbonyl (C=O) groups is 1.